The van der Waals surface area contributed by atoms with Crippen LogP contribution in [-0.2, 0) is 42.6 Å². The summed E-state index contributed by atoms with van der Waals surface area (Å²) in [5.41, 5.74) is 1.27. The van der Waals surface area contributed by atoms with Gasteiger partial charge in [0.2, 0.25) is 5.60 Å². The molecule has 0 bridgehead atoms. The summed E-state index contributed by atoms with van der Waals surface area (Å²) in [6.45, 7) is 14.3. The number of hydrogen-bond donors (Lipinski definition) is 1. The molecule has 5 rings (SSSR count). The van der Waals surface area contributed by atoms with E-state index in [9.17, 15) is 19.2 Å². The fraction of sp³-hybridized carbons (Fsp3) is 0.500. The predicted molar refractivity (Wildman–Crippen MR) is 174 cm³/mol. The van der Waals surface area contributed by atoms with Crippen molar-refractivity contribution >= 4 is 42.2 Å². The van der Waals surface area contributed by atoms with Crippen molar-refractivity contribution in [1.29, 1.82) is 0 Å². The number of alkyl carbamates (subject to hydrolysis) is 1. The lowest BCUT2D eigenvalue weighted by molar-refractivity contribution is -0.189. The highest BCUT2D eigenvalue weighted by Crippen LogP contribution is 2.41. The molecule has 0 spiro atoms. The van der Waals surface area contributed by atoms with E-state index in [0.29, 0.717) is 23.4 Å². The minimum atomic E-state index is -1.93. The summed E-state index contributed by atoms with van der Waals surface area (Å²) in [4.78, 5) is 57.6. The summed E-state index contributed by atoms with van der Waals surface area (Å²) in [7, 11) is -1.93. The Bertz CT molecular complexity index is 1740. The highest BCUT2D eigenvalue weighted by Gasteiger charge is 2.50. The first-order valence-corrected chi connectivity index (χ1v) is 19.0. The van der Waals surface area contributed by atoms with Gasteiger partial charge in [0.05, 0.1) is 37.1 Å². The molecule has 10 nitrogen and oxygen atoms in total. The van der Waals surface area contributed by atoms with E-state index in [1.807, 2.05) is 24.3 Å². The summed E-state index contributed by atoms with van der Waals surface area (Å²) < 4.78 is 18.4. The van der Waals surface area contributed by atoms with E-state index in [2.05, 4.69) is 31.4 Å². The van der Waals surface area contributed by atoms with Crippen LogP contribution in [-0.4, -0.2) is 47.8 Å². The quantitative estimate of drug-likeness (QED) is 0.115. The van der Waals surface area contributed by atoms with Gasteiger partial charge in [-0.1, -0.05) is 57.6 Å². The second-order valence-electron chi connectivity index (χ2n) is 13.5. The molecule has 1 amide bonds. The number of benzene rings is 1. The molecular formula is C34H43N3O7Si. The molecule has 3 aromatic rings. The van der Waals surface area contributed by atoms with Crippen molar-refractivity contribution in [1.82, 2.24) is 14.9 Å². The third-order valence-corrected chi connectivity index (χ3v) is 12.3. The van der Waals surface area contributed by atoms with E-state index in [1.165, 1.54) is 5.19 Å². The van der Waals surface area contributed by atoms with E-state index in [1.54, 1.807) is 32.3 Å². The number of pyridine rings is 2. The first kappa shape index (κ1) is 32.4. The zero-order chi connectivity index (χ0) is 32.7. The fourth-order valence-corrected chi connectivity index (χ4v) is 10.1. The number of nitrogens with one attached hydrogen (secondary N) is 1. The molecule has 0 aliphatic carbocycles. The molecule has 1 aromatic carbocycles. The highest BCUT2D eigenvalue weighted by molar-refractivity contribution is 6.91. The Morgan fingerprint density at radius 1 is 1.13 bits per heavy atom. The fourth-order valence-electron chi connectivity index (χ4n) is 6.69. The van der Waals surface area contributed by atoms with Gasteiger partial charge in [-0.25, -0.2) is 14.6 Å². The van der Waals surface area contributed by atoms with Crippen molar-refractivity contribution in [3.05, 3.63) is 57.4 Å². The molecular weight excluding hydrogens is 590 g/mol. The van der Waals surface area contributed by atoms with Gasteiger partial charge in [0.1, 0.15) is 12.2 Å². The van der Waals surface area contributed by atoms with E-state index >= 15 is 0 Å². The first-order chi connectivity index (χ1) is 21.2. The Morgan fingerprint density at radius 2 is 1.87 bits per heavy atom. The van der Waals surface area contributed by atoms with Crippen LogP contribution in [0.3, 0.4) is 0 Å². The number of cyclic esters (lactones) is 1. The number of ether oxygens (including phenoxy) is 3. The number of para-hydroxylation sites is 1. The third-order valence-electron chi connectivity index (χ3n) is 8.63. The maximum atomic E-state index is 14.1. The number of rotatable bonds is 9. The number of aromatic nitrogens is 2. The average molecular weight is 634 g/mol. The number of hydrogen-bond acceptors (Lipinski definition) is 8. The van der Waals surface area contributed by atoms with Crippen LogP contribution in [0.25, 0.3) is 22.3 Å². The smallest absolute Gasteiger partial charge is 0.407 e. The molecule has 0 saturated heterocycles. The molecule has 2 aromatic heterocycles. The van der Waals surface area contributed by atoms with Gasteiger partial charge in [-0.05, 0) is 61.9 Å². The SMILES string of the molecule is CCC[Si](C)(C)c1c2c(nc3ccccc13)-c1cc3c(c(=O)n1C2)COC(=O)C3(CC)OC(=O)CCCNC(=O)OC(C)(C)C. The van der Waals surface area contributed by atoms with Crippen molar-refractivity contribution in [3.8, 4) is 11.4 Å². The molecule has 2 aliphatic heterocycles. The van der Waals surface area contributed by atoms with E-state index in [0.717, 1.165) is 34.6 Å². The summed E-state index contributed by atoms with van der Waals surface area (Å²) in [6, 6.07) is 11.0. The molecule has 11 heteroatoms. The Hall–Kier alpha value is -3.99. The zero-order valence-electron chi connectivity index (χ0n) is 27.3. The molecule has 2 aliphatic rings. The van der Waals surface area contributed by atoms with E-state index in [4.69, 9.17) is 19.2 Å². The summed E-state index contributed by atoms with van der Waals surface area (Å²) in [5.74, 6) is -1.34. The number of amides is 1. The van der Waals surface area contributed by atoms with Gasteiger partial charge in [0, 0.05) is 18.5 Å². The lowest BCUT2D eigenvalue weighted by Gasteiger charge is -2.35. The van der Waals surface area contributed by atoms with Crippen molar-refractivity contribution in [3.63, 3.8) is 0 Å². The van der Waals surface area contributed by atoms with Gasteiger partial charge in [-0.2, -0.15) is 0 Å². The van der Waals surface area contributed by atoms with Crippen LogP contribution < -0.4 is 16.1 Å². The van der Waals surface area contributed by atoms with Gasteiger partial charge >= 0.3 is 18.0 Å². The first-order valence-electron chi connectivity index (χ1n) is 15.8. The Morgan fingerprint density at radius 3 is 2.56 bits per heavy atom. The Labute approximate surface area is 264 Å². The van der Waals surface area contributed by atoms with Gasteiger partial charge in [0.25, 0.3) is 5.56 Å². The van der Waals surface area contributed by atoms with Crippen molar-refractivity contribution in [2.45, 2.75) is 104 Å². The second kappa shape index (κ2) is 12.1. The molecule has 0 fully saturated rings. The van der Waals surface area contributed by atoms with Crippen LogP contribution in [0.15, 0.2) is 35.1 Å². The molecule has 240 valence electrons. The largest absolute Gasteiger partial charge is 0.457 e. The molecule has 0 saturated carbocycles. The summed E-state index contributed by atoms with van der Waals surface area (Å²) in [5, 5.41) is 5.06. The summed E-state index contributed by atoms with van der Waals surface area (Å²) in [6.07, 6.45) is 0.791. The molecule has 4 heterocycles. The number of esters is 2. The standard InChI is InChI=1S/C34H43N3O7Si/c1-8-17-45(6,7)29-21-13-10-11-14-25(21)36-28-22(29)19-37-26(28)18-24-23(30(37)39)20-42-31(40)34(24,9-2)43-27(38)15-12-16-35-32(41)44-33(3,4)5/h10-11,13-14,18H,8-9,12,15-17,19-20H2,1-7H3,(H,35,41). The van der Waals surface area contributed by atoms with Crippen LogP contribution >= 0.6 is 0 Å². The number of carbonyl (C=O) groups is 3. The molecule has 45 heavy (non-hydrogen) atoms. The third kappa shape index (κ3) is 6.02. The van der Waals surface area contributed by atoms with Crippen LogP contribution in [0.4, 0.5) is 4.79 Å². The molecule has 0 radical (unpaired) electrons. The second-order valence-corrected chi connectivity index (χ2v) is 18.3. The average Bonchev–Trinajstić information content (AvgIpc) is 3.32. The summed E-state index contributed by atoms with van der Waals surface area (Å²) >= 11 is 0. The number of nitrogens with zero attached hydrogens (tertiary/aromatic N) is 2. The van der Waals surface area contributed by atoms with Crippen molar-refractivity contribution in [2.24, 2.45) is 0 Å². The van der Waals surface area contributed by atoms with Crippen molar-refractivity contribution in [2.75, 3.05) is 6.54 Å². The van der Waals surface area contributed by atoms with Crippen molar-refractivity contribution < 1.29 is 28.6 Å². The Balaban J connectivity index is 1.51. The highest BCUT2D eigenvalue weighted by atomic mass is 28.3. The zero-order valence-corrected chi connectivity index (χ0v) is 28.3. The van der Waals surface area contributed by atoms with Crippen LogP contribution in [0, 0.1) is 0 Å². The molecule has 1 atom stereocenters. The monoisotopic (exact) mass is 633 g/mol. The predicted octanol–water partition coefficient (Wildman–Crippen LogP) is 5.26. The van der Waals surface area contributed by atoms with Gasteiger partial charge < -0.3 is 24.1 Å². The molecule has 1 N–H and O–H groups in total. The van der Waals surface area contributed by atoms with Gasteiger partial charge in [-0.15, -0.1) is 0 Å². The maximum Gasteiger partial charge on any atom is 0.407 e. The maximum absolute atomic E-state index is 14.1. The van der Waals surface area contributed by atoms with Crippen LogP contribution in [0.1, 0.15) is 77.0 Å². The number of fused-ring (bicyclic) bond motifs is 5. The van der Waals surface area contributed by atoms with E-state index < -0.39 is 37.3 Å². The van der Waals surface area contributed by atoms with E-state index in [-0.39, 0.29) is 38.0 Å². The van der Waals surface area contributed by atoms with Crippen LogP contribution in [0.5, 0.6) is 0 Å². The number of carbonyl (C=O) groups excluding carboxylic acids is 3. The van der Waals surface area contributed by atoms with Crippen LogP contribution in [0.2, 0.25) is 19.1 Å². The normalized spacial score (nSPS) is 17.3. The minimum Gasteiger partial charge on any atom is -0.457 e. The topological polar surface area (TPSA) is 126 Å². The lowest BCUT2D eigenvalue weighted by Crippen LogP contribution is -2.47. The minimum absolute atomic E-state index is 0.0546. The van der Waals surface area contributed by atoms with Gasteiger partial charge in [0.15, 0.2) is 0 Å². The molecule has 1 unspecified atom stereocenters. The van der Waals surface area contributed by atoms with Gasteiger partial charge in [-0.3, -0.25) is 9.59 Å². The lowest BCUT2D eigenvalue weighted by atomic mass is 9.85. The Kier molecular flexibility index (Phi) is 8.69.